The summed E-state index contributed by atoms with van der Waals surface area (Å²) in [7, 11) is 0. The maximum atomic E-state index is 12.6. The smallest absolute Gasteiger partial charge is 0.382 e. The Labute approximate surface area is 117 Å². The highest BCUT2D eigenvalue weighted by Crippen LogP contribution is 2.30. The van der Waals surface area contributed by atoms with Crippen LogP contribution in [0.3, 0.4) is 0 Å². The van der Waals surface area contributed by atoms with Crippen molar-refractivity contribution in [3.8, 4) is 0 Å². The van der Waals surface area contributed by atoms with Gasteiger partial charge in [-0.05, 0) is 26.2 Å². The molecule has 0 aromatic carbocycles. The van der Waals surface area contributed by atoms with Crippen LogP contribution in [0, 0.1) is 0 Å². The van der Waals surface area contributed by atoms with Crippen LogP contribution in [0.1, 0.15) is 39.0 Å². The first-order chi connectivity index (χ1) is 9.28. The average molecular weight is 296 g/mol. The number of nitrogens with zero attached hydrogens (tertiary/aromatic N) is 1. The molecule has 1 saturated carbocycles. The van der Waals surface area contributed by atoms with Crippen LogP contribution in [0.25, 0.3) is 0 Å². The molecule has 0 atom stereocenters. The van der Waals surface area contributed by atoms with E-state index in [1.165, 1.54) is 0 Å². The number of halogens is 3. The summed E-state index contributed by atoms with van der Waals surface area (Å²) in [6.07, 6.45) is -1.51. The molecule has 0 radical (unpaired) electrons. The van der Waals surface area contributed by atoms with Crippen LogP contribution in [-0.2, 0) is 9.53 Å². The van der Waals surface area contributed by atoms with Crippen molar-refractivity contribution in [3.63, 3.8) is 0 Å². The van der Waals surface area contributed by atoms with Crippen molar-refractivity contribution >= 4 is 5.91 Å². The van der Waals surface area contributed by atoms with E-state index in [1.807, 2.05) is 6.92 Å². The van der Waals surface area contributed by atoms with Gasteiger partial charge in [0.05, 0.1) is 5.54 Å². The molecule has 0 heterocycles. The Morgan fingerprint density at radius 3 is 2.45 bits per heavy atom. The van der Waals surface area contributed by atoms with E-state index < -0.39 is 24.2 Å². The number of amides is 1. The van der Waals surface area contributed by atoms with Gasteiger partial charge in [0.2, 0.25) is 5.91 Å². The lowest BCUT2D eigenvalue weighted by Crippen LogP contribution is -2.55. The van der Waals surface area contributed by atoms with Crippen molar-refractivity contribution in [2.45, 2.75) is 50.7 Å². The zero-order valence-corrected chi connectivity index (χ0v) is 11.8. The minimum atomic E-state index is -4.41. The highest BCUT2D eigenvalue weighted by atomic mass is 19.4. The van der Waals surface area contributed by atoms with E-state index in [-0.39, 0.29) is 6.54 Å². The molecule has 1 amide bonds. The summed E-state index contributed by atoms with van der Waals surface area (Å²) in [5, 5.41) is 0. The van der Waals surface area contributed by atoms with Crippen molar-refractivity contribution < 1.29 is 22.7 Å². The zero-order chi connectivity index (χ0) is 15.2. The molecule has 0 aliphatic heterocycles. The van der Waals surface area contributed by atoms with Gasteiger partial charge in [-0.1, -0.05) is 12.8 Å². The number of rotatable bonds is 7. The lowest BCUT2D eigenvalue weighted by molar-refractivity contribution is -0.164. The molecular weight excluding hydrogens is 273 g/mol. The number of carbonyl (C=O) groups excluding carboxylic acids is 1. The number of nitrogens with two attached hydrogens (primary N) is 1. The molecule has 0 unspecified atom stereocenters. The van der Waals surface area contributed by atoms with Crippen LogP contribution in [0.15, 0.2) is 0 Å². The summed E-state index contributed by atoms with van der Waals surface area (Å²) in [5.74, 6) is -0.580. The van der Waals surface area contributed by atoms with Crippen molar-refractivity contribution in [2.75, 3.05) is 26.3 Å². The van der Waals surface area contributed by atoms with E-state index in [0.29, 0.717) is 32.5 Å². The second kappa shape index (κ2) is 7.26. The van der Waals surface area contributed by atoms with E-state index in [2.05, 4.69) is 0 Å². The molecule has 2 N–H and O–H groups in total. The normalized spacial score (nSPS) is 18.2. The highest BCUT2D eigenvalue weighted by molar-refractivity contribution is 5.86. The molecule has 0 aromatic heterocycles. The molecule has 0 saturated heterocycles. The van der Waals surface area contributed by atoms with Crippen LogP contribution >= 0.6 is 0 Å². The second-order valence-electron chi connectivity index (χ2n) is 5.26. The first-order valence-corrected chi connectivity index (χ1v) is 7.01. The van der Waals surface area contributed by atoms with Gasteiger partial charge in [-0.3, -0.25) is 4.79 Å². The molecule has 1 aliphatic rings. The average Bonchev–Trinajstić information content (AvgIpc) is 2.79. The SMILES string of the molecule is CCOCCCN(CC(F)(F)F)C(=O)C1(N)CCCC1. The van der Waals surface area contributed by atoms with E-state index in [9.17, 15) is 18.0 Å². The third kappa shape index (κ3) is 5.28. The van der Waals surface area contributed by atoms with Gasteiger partial charge in [0.15, 0.2) is 0 Å². The van der Waals surface area contributed by atoms with Gasteiger partial charge in [-0.2, -0.15) is 13.2 Å². The van der Waals surface area contributed by atoms with Crippen LogP contribution in [0.2, 0.25) is 0 Å². The Kier molecular flexibility index (Phi) is 6.26. The molecule has 1 aliphatic carbocycles. The predicted molar refractivity (Wildman–Crippen MR) is 69.1 cm³/mol. The van der Waals surface area contributed by atoms with Crippen LogP contribution in [0.5, 0.6) is 0 Å². The molecule has 4 nitrogen and oxygen atoms in total. The van der Waals surface area contributed by atoms with Gasteiger partial charge < -0.3 is 15.4 Å². The Bertz CT molecular complexity index is 315. The summed E-state index contributed by atoms with van der Waals surface area (Å²) in [6, 6.07) is 0. The van der Waals surface area contributed by atoms with Crippen molar-refractivity contribution in [1.29, 1.82) is 0 Å². The third-order valence-corrected chi connectivity index (χ3v) is 3.50. The zero-order valence-electron chi connectivity index (χ0n) is 11.8. The van der Waals surface area contributed by atoms with Gasteiger partial charge >= 0.3 is 6.18 Å². The van der Waals surface area contributed by atoms with Gasteiger partial charge in [0, 0.05) is 19.8 Å². The van der Waals surface area contributed by atoms with E-state index >= 15 is 0 Å². The fourth-order valence-electron chi connectivity index (χ4n) is 2.51. The molecule has 0 bridgehead atoms. The van der Waals surface area contributed by atoms with E-state index in [1.54, 1.807) is 0 Å². The van der Waals surface area contributed by atoms with Gasteiger partial charge in [0.25, 0.3) is 0 Å². The van der Waals surface area contributed by atoms with Crippen LogP contribution < -0.4 is 5.73 Å². The van der Waals surface area contributed by atoms with Crippen molar-refractivity contribution in [1.82, 2.24) is 4.90 Å². The molecule has 20 heavy (non-hydrogen) atoms. The summed E-state index contributed by atoms with van der Waals surface area (Å²) in [4.78, 5) is 13.1. The maximum Gasteiger partial charge on any atom is 0.406 e. The molecule has 7 heteroatoms. The molecule has 1 rings (SSSR count). The Morgan fingerprint density at radius 2 is 1.95 bits per heavy atom. The largest absolute Gasteiger partial charge is 0.406 e. The first-order valence-electron chi connectivity index (χ1n) is 7.01. The topological polar surface area (TPSA) is 55.6 Å². The first kappa shape index (κ1) is 17.2. The lowest BCUT2D eigenvalue weighted by Gasteiger charge is -2.32. The molecular formula is C13H23F3N2O2. The second-order valence-corrected chi connectivity index (χ2v) is 5.26. The van der Waals surface area contributed by atoms with Crippen LogP contribution in [-0.4, -0.2) is 48.8 Å². The molecule has 118 valence electrons. The Morgan fingerprint density at radius 1 is 1.35 bits per heavy atom. The summed E-state index contributed by atoms with van der Waals surface area (Å²) in [6.45, 7) is 1.45. The number of alkyl halides is 3. The van der Waals surface area contributed by atoms with E-state index in [4.69, 9.17) is 10.5 Å². The number of ether oxygens (including phenoxy) is 1. The highest BCUT2D eigenvalue weighted by Gasteiger charge is 2.42. The van der Waals surface area contributed by atoms with Crippen molar-refractivity contribution in [3.05, 3.63) is 0 Å². The quantitative estimate of drug-likeness (QED) is 0.732. The monoisotopic (exact) mass is 296 g/mol. The summed E-state index contributed by atoms with van der Waals surface area (Å²) < 4.78 is 42.9. The predicted octanol–water partition coefficient (Wildman–Crippen LogP) is 2.08. The minimum absolute atomic E-state index is 0.0251. The number of hydrogen-bond acceptors (Lipinski definition) is 3. The van der Waals surface area contributed by atoms with E-state index in [0.717, 1.165) is 17.7 Å². The van der Waals surface area contributed by atoms with Crippen LogP contribution in [0.4, 0.5) is 13.2 Å². The Hall–Kier alpha value is -0.820. The summed E-state index contributed by atoms with van der Waals surface area (Å²) >= 11 is 0. The molecule has 0 spiro atoms. The molecule has 1 fully saturated rings. The Balaban J connectivity index is 2.63. The molecule has 0 aromatic rings. The lowest BCUT2D eigenvalue weighted by atomic mass is 9.97. The maximum absolute atomic E-state index is 12.6. The van der Waals surface area contributed by atoms with Gasteiger partial charge in [-0.25, -0.2) is 0 Å². The van der Waals surface area contributed by atoms with Gasteiger partial charge in [-0.15, -0.1) is 0 Å². The fourth-order valence-corrected chi connectivity index (χ4v) is 2.51. The third-order valence-electron chi connectivity index (χ3n) is 3.50. The van der Waals surface area contributed by atoms with Crippen molar-refractivity contribution in [2.24, 2.45) is 5.73 Å². The fraction of sp³-hybridized carbons (Fsp3) is 0.923. The number of carbonyl (C=O) groups is 1. The standard InChI is InChI=1S/C13H23F3N2O2/c1-2-20-9-5-8-18(10-13(14,15)16)11(19)12(17)6-3-4-7-12/h2-10,17H2,1H3. The number of hydrogen-bond donors (Lipinski definition) is 1. The minimum Gasteiger partial charge on any atom is -0.382 e. The summed E-state index contributed by atoms with van der Waals surface area (Å²) in [5.41, 5.74) is 4.85. The van der Waals surface area contributed by atoms with Gasteiger partial charge in [0.1, 0.15) is 6.54 Å².